The fourth-order valence-electron chi connectivity index (χ4n) is 2.06. The molecule has 1 heterocycles. The molecule has 0 aliphatic carbocycles. The van der Waals surface area contributed by atoms with Crippen molar-refractivity contribution in [2.24, 2.45) is 0 Å². The van der Waals surface area contributed by atoms with Crippen LogP contribution in [0.3, 0.4) is 0 Å². The summed E-state index contributed by atoms with van der Waals surface area (Å²) in [7, 11) is 0. The van der Waals surface area contributed by atoms with Gasteiger partial charge in [0.25, 0.3) is 0 Å². The lowest BCUT2D eigenvalue weighted by molar-refractivity contribution is 0.0172. The molecule has 16 heavy (non-hydrogen) atoms. The zero-order valence-corrected chi connectivity index (χ0v) is 10.8. The number of piperazine rings is 1. The van der Waals surface area contributed by atoms with E-state index >= 15 is 0 Å². The highest BCUT2D eigenvalue weighted by molar-refractivity contribution is 5.03. The summed E-state index contributed by atoms with van der Waals surface area (Å²) in [6.07, 6.45) is -0.296. The van der Waals surface area contributed by atoms with Crippen molar-refractivity contribution in [2.75, 3.05) is 26.2 Å². The molecule has 1 N–H and O–H groups in total. The Bertz CT molecular complexity index is 262. The SMILES string of the molecule is CC(O)C(C)N1CCN(C(C)(C)C#N)CC1. The smallest absolute Gasteiger partial charge is 0.103 e. The average Bonchev–Trinajstić information content (AvgIpc) is 2.28. The lowest BCUT2D eigenvalue weighted by Crippen LogP contribution is -2.57. The number of nitrogens with zero attached hydrogens (tertiary/aromatic N) is 3. The molecule has 1 fully saturated rings. The Balaban J connectivity index is 2.49. The first-order valence-electron chi connectivity index (χ1n) is 5.97. The molecule has 0 aromatic rings. The Hall–Kier alpha value is -0.630. The van der Waals surface area contributed by atoms with E-state index in [1.165, 1.54) is 0 Å². The third-order valence-electron chi connectivity index (χ3n) is 3.65. The summed E-state index contributed by atoms with van der Waals surface area (Å²) in [5.41, 5.74) is -0.375. The van der Waals surface area contributed by atoms with Crippen LogP contribution in [0.15, 0.2) is 0 Å². The van der Waals surface area contributed by atoms with Crippen LogP contribution in [0.25, 0.3) is 0 Å². The molecule has 2 unspecified atom stereocenters. The molecular weight excluding hydrogens is 202 g/mol. The second-order valence-electron chi connectivity index (χ2n) is 5.18. The van der Waals surface area contributed by atoms with E-state index in [0.29, 0.717) is 0 Å². The van der Waals surface area contributed by atoms with Crippen molar-refractivity contribution < 1.29 is 5.11 Å². The molecule has 4 nitrogen and oxygen atoms in total. The molecule has 0 amide bonds. The van der Waals surface area contributed by atoms with E-state index in [4.69, 9.17) is 5.26 Å². The summed E-state index contributed by atoms with van der Waals surface area (Å²) >= 11 is 0. The van der Waals surface area contributed by atoms with E-state index in [1.54, 1.807) is 0 Å². The van der Waals surface area contributed by atoms with Gasteiger partial charge in [-0.05, 0) is 27.7 Å². The lowest BCUT2D eigenvalue weighted by Gasteiger charge is -2.43. The largest absolute Gasteiger partial charge is 0.392 e. The third-order valence-corrected chi connectivity index (χ3v) is 3.65. The minimum atomic E-state index is -0.375. The van der Waals surface area contributed by atoms with Gasteiger partial charge in [-0.3, -0.25) is 9.80 Å². The molecule has 1 aliphatic rings. The van der Waals surface area contributed by atoms with Crippen molar-refractivity contribution in [3.05, 3.63) is 0 Å². The average molecular weight is 225 g/mol. The zero-order chi connectivity index (χ0) is 12.3. The first kappa shape index (κ1) is 13.4. The summed E-state index contributed by atoms with van der Waals surface area (Å²) in [6, 6.07) is 2.54. The van der Waals surface area contributed by atoms with Crippen LogP contribution in [-0.2, 0) is 0 Å². The van der Waals surface area contributed by atoms with Gasteiger partial charge in [-0.25, -0.2) is 0 Å². The van der Waals surface area contributed by atoms with E-state index in [-0.39, 0.29) is 17.7 Å². The molecular formula is C12H23N3O. The number of hydrogen-bond acceptors (Lipinski definition) is 4. The van der Waals surface area contributed by atoms with E-state index < -0.39 is 0 Å². The van der Waals surface area contributed by atoms with Crippen LogP contribution in [0.1, 0.15) is 27.7 Å². The molecule has 1 aliphatic heterocycles. The van der Waals surface area contributed by atoms with Crippen molar-refractivity contribution in [3.8, 4) is 6.07 Å². The van der Waals surface area contributed by atoms with Crippen LogP contribution in [0, 0.1) is 11.3 Å². The van der Waals surface area contributed by atoms with Gasteiger partial charge in [-0.1, -0.05) is 0 Å². The van der Waals surface area contributed by atoms with E-state index in [2.05, 4.69) is 22.8 Å². The van der Waals surface area contributed by atoms with E-state index in [1.807, 2.05) is 20.8 Å². The highest BCUT2D eigenvalue weighted by atomic mass is 16.3. The first-order chi connectivity index (χ1) is 7.38. The van der Waals surface area contributed by atoms with Crippen LogP contribution in [0.2, 0.25) is 0 Å². The number of aliphatic hydroxyl groups is 1. The normalized spacial score (nSPS) is 23.8. The molecule has 2 atom stereocenters. The van der Waals surface area contributed by atoms with Crippen molar-refractivity contribution in [3.63, 3.8) is 0 Å². The van der Waals surface area contributed by atoms with Gasteiger partial charge < -0.3 is 5.11 Å². The van der Waals surface area contributed by atoms with Gasteiger partial charge in [0, 0.05) is 32.2 Å². The standard InChI is InChI=1S/C12H23N3O/c1-10(11(2)16)14-5-7-15(8-6-14)12(3,4)9-13/h10-11,16H,5-8H2,1-4H3. The van der Waals surface area contributed by atoms with E-state index in [9.17, 15) is 5.11 Å². The molecule has 0 radical (unpaired) electrons. The van der Waals surface area contributed by atoms with Crippen LogP contribution in [0.4, 0.5) is 0 Å². The predicted molar refractivity (Wildman–Crippen MR) is 64.0 cm³/mol. The first-order valence-corrected chi connectivity index (χ1v) is 5.97. The molecule has 1 saturated heterocycles. The maximum atomic E-state index is 9.54. The zero-order valence-electron chi connectivity index (χ0n) is 10.8. The number of aliphatic hydroxyl groups excluding tert-OH is 1. The quantitative estimate of drug-likeness (QED) is 0.767. The van der Waals surface area contributed by atoms with Crippen LogP contribution >= 0.6 is 0 Å². The lowest BCUT2D eigenvalue weighted by atomic mass is 10.0. The highest BCUT2D eigenvalue weighted by Gasteiger charge is 2.31. The maximum Gasteiger partial charge on any atom is 0.103 e. The van der Waals surface area contributed by atoms with Crippen molar-refractivity contribution in [1.82, 2.24) is 9.80 Å². The van der Waals surface area contributed by atoms with Gasteiger partial charge in [-0.2, -0.15) is 5.26 Å². The number of hydrogen-bond donors (Lipinski definition) is 1. The fraction of sp³-hybridized carbons (Fsp3) is 0.917. The molecule has 92 valence electrons. The maximum absolute atomic E-state index is 9.54. The Kier molecular flexibility index (Phi) is 4.31. The summed E-state index contributed by atoms with van der Waals surface area (Å²) in [4.78, 5) is 4.49. The minimum Gasteiger partial charge on any atom is -0.392 e. The van der Waals surface area contributed by atoms with Gasteiger partial charge >= 0.3 is 0 Å². The number of rotatable bonds is 3. The molecule has 0 saturated carbocycles. The number of nitriles is 1. The summed E-state index contributed by atoms with van der Waals surface area (Å²) in [5, 5.41) is 18.6. The van der Waals surface area contributed by atoms with Gasteiger partial charge in [-0.15, -0.1) is 0 Å². The second-order valence-corrected chi connectivity index (χ2v) is 5.18. The highest BCUT2D eigenvalue weighted by Crippen LogP contribution is 2.17. The Morgan fingerprint density at radius 3 is 2.06 bits per heavy atom. The van der Waals surface area contributed by atoms with Crippen molar-refractivity contribution >= 4 is 0 Å². The van der Waals surface area contributed by atoms with Crippen LogP contribution in [-0.4, -0.2) is 58.8 Å². The minimum absolute atomic E-state index is 0.201. The predicted octanol–water partition coefficient (Wildman–Crippen LogP) is 0.675. The summed E-state index contributed by atoms with van der Waals surface area (Å²) in [6.45, 7) is 11.5. The van der Waals surface area contributed by atoms with Gasteiger partial charge in [0.2, 0.25) is 0 Å². The molecule has 0 spiro atoms. The monoisotopic (exact) mass is 225 g/mol. The van der Waals surface area contributed by atoms with Gasteiger partial charge in [0.05, 0.1) is 12.2 Å². The summed E-state index contributed by atoms with van der Waals surface area (Å²) < 4.78 is 0. The molecule has 0 aromatic heterocycles. The third kappa shape index (κ3) is 2.94. The van der Waals surface area contributed by atoms with Crippen molar-refractivity contribution in [1.29, 1.82) is 5.26 Å². The van der Waals surface area contributed by atoms with Gasteiger partial charge in [0.15, 0.2) is 0 Å². The molecule has 0 bridgehead atoms. The van der Waals surface area contributed by atoms with Crippen LogP contribution < -0.4 is 0 Å². The van der Waals surface area contributed by atoms with E-state index in [0.717, 1.165) is 26.2 Å². The van der Waals surface area contributed by atoms with Gasteiger partial charge in [0.1, 0.15) is 5.54 Å². The Labute approximate surface area is 98.5 Å². The van der Waals surface area contributed by atoms with Crippen molar-refractivity contribution in [2.45, 2.75) is 45.4 Å². The summed E-state index contributed by atoms with van der Waals surface area (Å²) in [5.74, 6) is 0. The molecule has 1 rings (SSSR count). The Morgan fingerprint density at radius 1 is 1.19 bits per heavy atom. The Morgan fingerprint density at radius 2 is 1.69 bits per heavy atom. The topological polar surface area (TPSA) is 50.5 Å². The molecule has 4 heteroatoms. The molecule has 0 aromatic carbocycles. The fourth-order valence-corrected chi connectivity index (χ4v) is 2.06. The van der Waals surface area contributed by atoms with Crippen LogP contribution in [0.5, 0.6) is 0 Å². The second kappa shape index (κ2) is 5.13.